The number of hydrogen-bond acceptors (Lipinski definition) is 4. The number of allylic oxidation sites excluding steroid dienone is 1. The van der Waals surface area contributed by atoms with Gasteiger partial charge in [-0.25, -0.2) is 0 Å². The van der Waals surface area contributed by atoms with Gasteiger partial charge >= 0.3 is 0 Å². The lowest BCUT2D eigenvalue weighted by atomic mass is 10.1. The van der Waals surface area contributed by atoms with Crippen LogP contribution in [0.4, 0.5) is 0 Å². The highest BCUT2D eigenvalue weighted by molar-refractivity contribution is 5.80. The van der Waals surface area contributed by atoms with Crippen LogP contribution < -0.4 is 5.56 Å². The highest BCUT2D eigenvalue weighted by Gasteiger charge is 2.22. The smallest absolute Gasteiger partial charge is 0.263 e. The Morgan fingerprint density at radius 1 is 1.32 bits per heavy atom. The molecule has 1 aromatic rings. The number of fused-ring (bicyclic) bond motifs is 1. The summed E-state index contributed by atoms with van der Waals surface area (Å²) in [7, 11) is 0. The number of rotatable bonds is 3. The van der Waals surface area contributed by atoms with Gasteiger partial charge < -0.3 is 4.57 Å². The summed E-state index contributed by atoms with van der Waals surface area (Å²) in [4.78, 5) is 12.5. The van der Waals surface area contributed by atoms with Gasteiger partial charge in [0.05, 0.1) is 11.3 Å². The molecule has 0 amide bonds. The summed E-state index contributed by atoms with van der Waals surface area (Å²) in [6.45, 7) is 4.12. The number of nitrogens with zero attached hydrogens (tertiary/aromatic N) is 4. The quantitative estimate of drug-likeness (QED) is 0.714. The molecule has 1 aromatic heterocycles. The van der Waals surface area contributed by atoms with Crippen molar-refractivity contribution in [2.24, 2.45) is 0 Å². The summed E-state index contributed by atoms with van der Waals surface area (Å²) < 4.78 is 1.65. The van der Waals surface area contributed by atoms with Crippen molar-refractivity contribution in [1.29, 1.82) is 0 Å². The maximum absolute atomic E-state index is 12.5. The Morgan fingerprint density at radius 3 is 2.89 bits per heavy atom. The van der Waals surface area contributed by atoms with Crippen molar-refractivity contribution in [2.45, 2.75) is 6.54 Å². The molecular weight excluding hydrogens is 242 g/mol. The van der Waals surface area contributed by atoms with E-state index in [9.17, 15) is 4.79 Å². The molecule has 3 rings (SSSR count). The van der Waals surface area contributed by atoms with Gasteiger partial charge in [0.25, 0.3) is 5.56 Å². The molecule has 94 valence electrons. The van der Waals surface area contributed by atoms with E-state index < -0.39 is 0 Å². The van der Waals surface area contributed by atoms with Crippen LogP contribution in [0, 0.1) is 0 Å². The van der Waals surface area contributed by atoms with Crippen LogP contribution >= 0.6 is 0 Å². The summed E-state index contributed by atoms with van der Waals surface area (Å²) >= 11 is 0. The number of nitrogens with one attached hydrogen (secondary N) is 1. The van der Waals surface area contributed by atoms with Crippen LogP contribution in [-0.2, 0) is 6.54 Å². The first-order valence-corrected chi connectivity index (χ1v) is 5.79. The first-order valence-electron chi connectivity index (χ1n) is 5.79. The van der Waals surface area contributed by atoms with Gasteiger partial charge in [-0.05, 0) is 11.3 Å². The lowest BCUT2D eigenvalue weighted by Crippen LogP contribution is -2.15. The number of hydrogen-bond donors (Lipinski definition) is 1. The molecule has 0 bridgehead atoms. The Kier molecular flexibility index (Phi) is 2.68. The molecule has 6 heteroatoms. The highest BCUT2D eigenvalue weighted by atomic mass is 16.1. The molecule has 2 aliphatic rings. The van der Waals surface area contributed by atoms with Crippen molar-refractivity contribution < 1.29 is 0 Å². The first-order chi connectivity index (χ1) is 9.33. The van der Waals surface area contributed by atoms with E-state index in [2.05, 4.69) is 27.2 Å². The van der Waals surface area contributed by atoms with Gasteiger partial charge in [0.1, 0.15) is 0 Å². The Labute approximate surface area is 108 Å². The van der Waals surface area contributed by atoms with Crippen LogP contribution in [0.3, 0.4) is 0 Å². The maximum atomic E-state index is 12.5. The average Bonchev–Trinajstić information content (AvgIpc) is 2.92. The fraction of sp³-hybridized carbons (Fsp3) is 0.0769. The molecule has 0 unspecified atom stereocenters. The molecule has 1 aliphatic heterocycles. The predicted molar refractivity (Wildman–Crippen MR) is 70.7 cm³/mol. The molecule has 0 saturated heterocycles. The second-order valence-electron chi connectivity index (χ2n) is 4.02. The molecule has 0 saturated carbocycles. The molecule has 0 radical (unpaired) electrons. The summed E-state index contributed by atoms with van der Waals surface area (Å²) in [6.07, 6.45) is 1.69. The van der Waals surface area contributed by atoms with Gasteiger partial charge in [-0.2, -0.15) is 5.21 Å². The number of aromatic amines is 1. The zero-order chi connectivity index (χ0) is 13.2. The van der Waals surface area contributed by atoms with E-state index >= 15 is 0 Å². The molecule has 1 aliphatic carbocycles. The summed E-state index contributed by atoms with van der Waals surface area (Å²) in [5, 5.41) is 13.7. The normalized spacial score (nSPS) is 10.7. The van der Waals surface area contributed by atoms with Crippen molar-refractivity contribution in [3.05, 3.63) is 53.3 Å². The van der Waals surface area contributed by atoms with Crippen molar-refractivity contribution >= 4 is 0 Å². The van der Waals surface area contributed by atoms with E-state index in [1.165, 1.54) is 0 Å². The minimum absolute atomic E-state index is 0.137. The molecule has 0 fully saturated rings. The van der Waals surface area contributed by atoms with Gasteiger partial charge in [-0.15, -0.1) is 16.8 Å². The summed E-state index contributed by atoms with van der Waals surface area (Å²) in [6, 6.07) is 9.44. The van der Waals surface area contributed by atoms with E-state index in [1.54, 1.807) is 10.6 Å². The third-order valence-corrected chi connectivity index (χ3v) is 2.91. The number of aromatic nitrogens is 5. The zero-order valence-corrected chi connectivity index (χ0v) is 10.1. The summed E-state index contributed by atoms with van der Waals surface area (Å²) in [5.74, 6) is 0.309. The second kappa shape index (κ2) is 4.49. The van der Waals surface area contributed by atoms with Gasteiger partial charge in [-0.1, -0.05) is 30.3 Å². The Bertz CT molecular complexity index is 744. The van der Waals surface area contributed by atoms with Crippen LogP contribution in [0.15, 0.2) is 47.8 Å². The summed E-state index contributed by atoms with van der Waals surface area (Å²) in [5.41, 5.74) is 1.96. The third kappa shape index (κ3) is 1.74. The molecule has 2 heterocycles. The van der Waals surface area contributed by atoms with Crippen LogP contribution in [0.1, 0.15) is 0 Å². The highest BCUT2D eigenvalue weighted by Crippen LogP contribution is 2.28. The third-order valence-electron chi connectivity index (χ3n) is 2.91. The second-order valence-corrected chi connectivity index (χ2v) is 4.02. The monoisotopic (exact) mass is 253 g/mol. The minimum Gasteiger partial charge on any atom is -0.304 e. The molecular formula is C13H11N5O. The van der Waals surface area contributed by atoms with E-state index in [0.29, 0.717) is 17.9 Å². The molecule has 0 atom stereocenters. The largest absolute Gasteiger partial charge is 0.304 e. The van der Waals surface area contributed by atoms with Gasteiger partial charge in [0.15, 0.2) is 0 Å². The molecule has 0 aromatic carbocycles. The number of tetrazole rings is 1. The fourth-order valence-electron chi connectivity index (χ4n) is 2.14. The van der Waals surface area contributed by atoms with Crippen molar-refractivity contribution in [3.8, 4) is 22.6 Å². The van der Waals surface area contributed by atoms with Crippen LogP contribution in [0.2, 0.25) is 0 Å². The molecule has 6 nitrogen and oxygen atoms in total. The van der Waals surface area contributed by atoms with E-state index in [0.717, 1.165) is 11.3 Å². The SMILES string of the molecule is C=CCn1c2cccccc-2c(-c2nn[nH]n2)c1=O. The van der Waals surface area contributed by atoms with Crippen LogP contribution in [0.25, 0.3) is 22.6 Å². The van der Waals surface area contributed by atoms with Gasteiger partial charge in [0, 0.05) is 12.1 Å². The Hall–Kier alpha value is -2.76. The van der Waals surface area contributed by atoms with Gasteiger partial charge in [-0.3, -0.25) is 4.79 Å². The van der Waals surface area contributed by atoms with E-state index in [4.69, 9.17) is 0 Å². The standard InChI is InChI=1S/C13H11N5O/c1-2-8-18-10-7-5-3-4-6-9(10)11(13(18)19)12-14-16-17-15-12/h2-7H,1,8H2,(H,14,15,16,17). The predicted octanol–water partition coefficient (Wildman–Crippen LogP) is 1.32. The fourth-order valence-corrected chi connectivity index (χ4v) is 2.14. The Balaban J connectivity index is 2.38. The lowest BCUT2D eigenvalue weighted by Gasteiger charge is -2.00. The van der Waals surface area contributed by atoms with Crippen LogP contribution in [0.5, 0.6) is 0 Å². The van der Waals surface area contributed by atoms with Crippen molar-refractivity contribution in [1.82, 2.24) is 25.2 Å². The molecule has 1 N–H and O–H groups in total. The Morgan fingerprint density at radius 2 is 2.16 bits per heavy atom. The zero-order valence-electron chi connectivity index (χ0n) is 10.1. The average molecular weight is 253 g/mol. The van der Waals surface area contributed by atoms with E-state index in [-0.39, 0.29) is 5.56 Å². The van der Waals surface area contributed by atoms with Crippen LogP contribution in [-0.4, -0.2) is 25.2 Å². The number of H-pyrrole nitrogens is 1. The van der Waals surface area contributed by atoms with Crippen molar-refractivity contribution in [2.75, 3.05) is 0 Å². The van der Waals surface area contributed by atoms with Crippen molar-refractivity contribution in [3.63, 3.8) is 0 Å². The van der Waals surface area contributed by atoms with E-state index in [1.807, 2.05) is 30.3 Å². The topological polar surface area (TPSA) is 76.5 Å². The lowest BCUT2D eigenvalue weighted by molar-refractivity contribution is 0.810. The molecule has 0 spiro atoms. The minimum atomic E-state index is -0.137. The first kappa shape index (κ1) is 11.3. The maximum Gasteiger partial charge on any atom is 0.263 e. The molecule has 19 heavy (non-hydrogen) atoms. The van der Waals surface area contributed by atoms with Gasteiger partial charge in [0.2, 0.25) is 5.82 Å².